The van der Waals surface area contributed by atoms with Crippen molar-refractivity contribution in [2.24, 2.45) is 0 Å². The summed E-state index contributed by atoms with van der Waals surface area (Å²) in [5.74, 6) is 0. The van der Waals surface area contributed by atoms with E-state index in [-0.39, 0.29) is 5.41 Å². The highest BCUT2D eigenvalue weighted by Gasteiger charge is 2.39. The van der Waals surface area contributed by atoms with Crippen LogP contribution in [0.5, 0.6) is 0 Å². The third-order valence-corrected chi connectivity index (χ3v) is 5.34. The molecule has 2 nitrogen and oxygen atoms in total. The second kappa shape index (κ2) is 6.50. The van der Waals surface area contributed by atoms with Gasteiger partial charge >= 0.3 is 0 Å². The second-order valence-corrected chi connectivity index (χ2v) is 6.92. The monoisotopic (exact) mass is 287 g/mol. The summed E-state index contributed by atoms with van der Waals surface area (Å²) in [5, 5.41) is 3.63. The van der Waals surface area contributed by atoms with Gasteiger partial charge in [0.2, 0.25) is 0 Å². The molecule has 0 spiro atoms. The molecule has 2 heteroatoms. The third kappa shape index (κ3) is 3.17. The number of hydrogen-bond donors (Lipinski definition) is 1. The van der Waals surface area contributed by atoms with Gasteiger partial charge in [-0.2, -0.15) is 0 Å². The molecule has 1 N–H and O–H groups in total. The van der Waals surface area contributed by atoms with Gasteiger partial charge in [0.1, 0.15) is 0 Å². The van der Waals surface area contributed by atoms with Crippen LogP contribution in [0.3, 0.4) is 0 Å². The lowest BCUT2D eigenvalue weighted by Gasteiger charge is -2.41. The van der Waals surface area contributed by atoms with Crippen molar-refractivity contribution in [2.75, 3.05) is 13.1 Å². The Hall–Kier alpha value is -0.860. The molecule has 21 heavy (non-hydrogen) atoms. The predicted octanol–water partition coefficient (Wildman–Crippen LogP) is 3.83. The van der Waals surface area contributed by atoms with Crippen LogP contribution in [0.1, 0.15) is 57.1 Å². The predicted molar refractivity (Wildman–Crippen MR) is 87.8 cm³/mol. The van der Waals surface area contributed by atoms with E-state index in [4.69, 9.17) is 4.74 Å². The molecule has 0 radical (unpaired) electrons. The van der Waals surface area contributed by atoms with Crippen molar-refractivity contribution in [3.8, 4) is 0 Å². The van der Waals surface area contributed by atoms with Crippen molar-refractivity contribution in [1.82, 2.24) is 5.32 Å². The first-order valence-electron chi connectivity index (χ1n) is 8.68. The van der Waals surface area contributed by atoms with Gasteiger partial charge in [-0.25, -0.2) is 0 Å². The van der Waals surface area contributed by atoms with E-state index in [0.717, 1.165) is 13.1 Å². The molecular formula is C19H29NO. The van der Waals surface area contributed by atoms with Crippen LogP contribution < -0.4 is 5.32 Å². The summed E-state index contributed by atoms with van der Waals surface area (Å²) in [5.41, 5.74) is 3.42. The first kappa shape index (κ1) is 15.1. The summed E-state index contributed by atoms with van der Waals surface area (Å²) in [6.07, 6.45) is 8.39. The average Bonchev–Trinajstić information content (AvgIpc) is 2.91. The highest BCUT2D eigenvalue weighted by Crippen LogP contribution is 2.42. The first-order valence-corrected chi connectivity index (χ1v) is 8.68. The van der Waals surface area contributed by atoms with E-state index in [9.17, 15) is 0 Å². The van der Waals surface area contributed by atoms with Crippen molar-refractivity contribution in [2.45, 2.75) is 70.0 Å². The fourth-order valence-electron chi connectivity index (χ4n) is 4.31. The molecule has 0 aromatic heterocycles. The highest BCUT2D eigenvalue weighted by molar-refractivity contribution is 5.37. The number of rotatable bonds is 5. The van der Waals surface area contributed by atoms with Gasteiger partial charge in [0.15, 0.2) is 0 Å². The molecule has 1 aliphatic heterocycles. The topological polar surface area (TPSA) is 21.3 Å². The Kier molecular flexibility index (Phi) is 4.66. The molecule has 2 aliphatic rings. The number of benzene rings is 1. The maximum atomic E-state index is 6.16. The highest BCUT2D eigenvalue weighted by atomic mass is 16.5. The zero-order valence-corrected chi connectivity index (χ0v) is 13.5. The first-order chi connectivity index (χ1) is 10.2. The Labute approximate surface area is 129 Å². The van der Waals surface area contributed by atoms with Gasteiger partial charge in [0.05, 0.1) is 12.2 Å². The molecule has 3 unspecified atom stereocenters. The quantitative estimate of drug-likeness (QED) is 0.888. The Bertz CT molecular complexity index is 472. The average molecular weight is 287 g/mol. The molecule has 1 heterocycles. The Morgan fingerprint density at radius 1 is 1.29 bits per heavy atom. The van der Waals surface area contributed by atoms with Crippen molar-refractivity contribution < 1.29 is 4.74 Å². The number of nitrogens with one attached hydrogen (secondary N) is 1. The van der Waals surface area contributed by atoms with Crippen LogP contribution in [-0.2, 0) is 16.6 Å². The lowest BCUT2D eigenvalue weighted by molar-refractivity contribution is 0.0329. The minimum Gasteiger partial charge on any atom is -0.375 e. The normalized spacial score (nSPS) is 32.1. The minimum absolute atomic E-state index is 0.277. The van der Waals surface area contributed by atoms with Gasteiger partial charge in [0, 0.05) is 12.0 Å². The summed E-state index contributed by atoms with van der Waals surface area (Å²) in [6, 6.07) is 9.09. The second-order valence-electron chi connectivity index (χ2n) is 6.92. The number of hydrogen-bond acceptors (Lipinski definition) is 2. The summed E-state index contributed by atoms with van der Waals surface area (Å²) in [4.78, 5) is 0. The van der Waals surface area contributed by atoms with Crippen LogP contribution in [0.2, 0.25) is 0 Å². The van der Waals surface area contributed by atoms with Crippen molar-refractivity contribution in [3.05, 3.63) is 35.4 Å². The molecule has 1 aromatic carbocycles. The lowest BCUT2D eigenvalue weighted by Crippen LogP contribution is -2.43. The fourth-order valence-corrected chi connectivity index (χ4v) is 4.31. The van der Waals surface area contributed by atoms with Crippen LogP contribution in [0.15, 0.2) is 24.3 Å². The molecule has 116 valence electrons. The molecule has 3 atom stereocenters. The molecule has 1 aromatic rings. The number of likely N-dealkylation sites (N-methyl/N-ethyl adjacent to an activating group) is 1. The molecular weight excluding hydrogens is 258 g/mol. The lowest BCUT2D eigenvalue weighted by atomic mass is 9.66. The molecule has 0 saturated carbocycles. The van der Waals surface area contributed by atoms with E-state index in [2.05, 4.69) is 43.4 Å². The molecule has 0 bridgehead atoms. The molecule has 1 aliphatic carbocycles. The van der Waals surface area contributed by atoms with Gasteiger partial charge in [-0.05, 0) is 63.1 Å². The van der Waals surface area contributed by atoms with Gasteiger partial charge in [0.25, 0.3) is 0 Å². The smallest absolute Gasteiger partial charge is 0.0588 e. The zero-order chi connectivity index (χ0) is 14.7. The van der Waals surface area contributed by atoms with Crippen LogP contribution in [0.25, 0.3) is 0 Å². The number of aryl methyl sites for hydroxylation is 1. The molecule has 1 saturated heterocycles. The Morgan fingerprint density at radius 2 is 2.14 bits per heavy atom. The van der Waals surface area contributed by atoms with Crippen molar-refractivity contribution in [3.63, 3.8) is 0 Å². The Morgan fingerprint density at radius 3 is 2.90 bits per heavy atom. The van der Waals surface area contributed by atoms with Crippen molar-refractivity contribution in [1.29, 1.82) is 0 Å². The summed E-state index contributed by atoms with van der Waals surface area (Å²) >= 11 is 0. The zero-order valence-electron chi connectivity index (χ0n) is 13.5. The van der Waals surface area contributed by atoms with Crippen LogP contribution in [-0.4, -0.2) is 25.3 Å². The minimum atomic E-state index is 0.277. The van der Waals surface area contributed by atoms with E-state index in [0.29, 0.717) is 12.2 Å². The standard InChI is InChI=1S/C19H29NO/c1-3-20-14-19(13-17-11-10-15(2)21-17)12-6-8-16-7-4-5-9-18(16)19/h4-5,7,9,15,17,20H,3,6,8,10-14H2,1-2H3. The van der Waals surface area contributed by atoms with Crippen molar-refractivity contribution >= 4 is 0 Å². The van der Waals surface area contributed by atoms with Gasteiger partial charge in [-0.3, -0.25) is 0 Å². The maximum Gasteiger partial charge on any atom is 0.0588 e. The molecule has 3 rings (SSSR count). The van der Waals surface area contributed by atoms with Crippen LogP contribution in [0, 0.1) is 0 Å². The van der Waals surface area contributed by atoms with E-state index in [1.807, 2.05) is 0 Å². The van der Waals surface area contributed by atoms with E-state index < -0.39 is 0 Å². The summed E-state index contributed by atoms with van der Waals surface area (Å²) < 4.78 is 6.16. The van der Waals surface area contributed by atoms with Crippen LogP contribution >= 0.6 is 0 Å². The van der Waals surface area contributed by atoms with E-state index >= 15 is 0 Å². The van der Waals surface area contributed by atoms with E-state index in [1.165, 1.54) is 38.5 Å². The fraction of sp³-hybridized carbons (Fsp3) is 0.684. The van der Waals surface area contributed by atoms with Gasteiger partial charge < -0.3 is 10.1 Å². The largest absolute Gasteiger partial charge is 0.375 e. The SMILES string of the molecule is CCNCC1(CC2CCC(C)O2)CCCc2ccccc21. The Balaban J connectivity index is 1.87. The van der Waals surface area contributed by atoms with Crippen LogP contribution in [0.4, 0.5) is 0 Å². The maximum absolute atomic E-state index is 6.16. The molecule has 0 amide bonds. The number of ether oxygens (including phenoxy) is 1. The van der Waals surface area contributed by atoms with Gasteiger partial charge in [-0.1, -0.05) is 31.2 Å². The summed E-state index contributed by atoms with van der Waals surface area (Å²) in [7, 11) is 0. The van der Waals surface area contributed by atoms with Gasteiger partial charge in [-0.15, -0.1) is 0 Å². The number of fused-ring (bicyclic) bond motifs is 1. The van der Waals surface area contributed by atoms with E-state index in [1.54, 1.807) is 11.1 Å². The third-order valence-electron chi connectivity index (χ3n) is 5.34. The molecule has 1 fully saturated rings. The summed E-state index contributed by atoms with van der Waals surface area (Å²) in [6.45, 7) is 6.56.